The standard InChI is InChI=1S/C23H32N2/c1-3-11-20(12-4-1)24-16-9-17-25(21-13-5-2-6-14-21)23(24)18-19-10-7-8-15-22(19)23/h7-8,10,15,20-21H,1-6,9,11-14,16-17H2. The Morgan fingerprint density at radius 3 is 1.84 bits per heavy atom. The van der Waals surface area contributed by atoms with E-state index < -0.39 is 0 Å². The van der Waals surface area contributed by atoms with Crippen LogP contribution in [0.3, 0.4) is 0 Å². The van der Waals surface area contributed by atoms with E-state index in [1.54, 1.807) is 5.56 Å². The van der Waals surface area contributed by atoms with Crippen molar-refractivity contribution in [1.82, 2.24) is 9.80 Å². The summed E-state index contributed by atoms with van der Waals surface area (Å²) in [6, 6.07) is 10.6. The summed E-state index contributed by atoms with van der Waals surface area (Å²) in [6.45, 7) is 2.52. The largest absolute Gasteiger partial charge is 0.278 e. The van der Waals surface area contributed by atoms with E-state index in [0.29, 0.717) is 0 Å². The molecule has 0 bridgehead atoms. The van der Waals surface area contributed by atoms with Crippen LogP contribution in [0.1, 0.15) is 81.8 Å². The van der Waals surface area contributed by atoms with Gasteiger partial charge in [-0.25, -0.2) is 0 Å². The third-order valence-corrected chi connectivity index (χ3v) is 7.27. The average Bonchev–Trinajstić information content (AvgIpc) is 2.68. The van der Waals surface area contributed by atoms with Gasteiger partial charge in [0.2, 0.25) is 0 Å². The summed E-state index contributed by atoms with van der Waals surface area (Å²) in [4.78, 5) is 5.76. The fraction of sp³-hybridized carbons (Fsp3) is 0.696. The van der Waals surface area contributed by atoms with Gasteiger partial charge < -0.3 is 0 Å². The first-order valence-electron chi connectivity index (χ1n) is 10.8. The first kappa shape index (κ1) is 16.3. The van der Waals surface area contributed by atoms with Crippen molar-refractivity contribution in [3.63, 3.8) is 0 Å². The Morgan fingerprint density at radius 1 is 0.720 bits per heavy atom. The van der Waals surface area contributed by atoms with Crippen molar-refractivity contribution in [2.45, 2.75) is 88.4 Å². The molecule has 1 aromatic carbocycles. The molecule has 2 nitrogen and oxygen atoms in total. The number of rotatable bonds is 2. The van der Waals surface area contributed by atoms with Crippen LogP contribution in [0.2, 0.25) is 0 Å². The summed E-state index contributed by atoms with van der Waals surface area (Å²) in [6.07, 6.45) is 19.4. The number of fused-ring (bicyclic) bond motifs is 2. The Balaban J connectivity index is 1.52. The van der Waals surface area contributed by atoms with Crippen LogP contribution in [-0.4, -0.2) is 35.0 Å². The molecular weight excluding hydrogens is 304 g/mol. The number of hydrogen-bond donors (Lipinski definition) is 0. The molecule has 0 N–H and O–H groups in total. The van der Waals surface area contributed by atoms with Crippen LogP contribution in [0.15, 0.2) is 24.3 Å². The van der Waals surface area contributed by atoms with Gasteiger partial charge in [-0.1, -0.05) is 62.8 Å². The van der Waals surface area contributed by atoms with Crippen LogP contribution >= 0.6 is 0 Å². The fourth-order valence-corrected chi connectivity index (χ4v) is 6.12. The molecule has 3 fully saturated rings. The van der Waals surface area contributed by atoms with E-state index in [1.165, 1.54) is 89.3 Å². The van der Waals surface area contributed by atoms with Gasteiger partial charge in [0.1, 0.15) is 5.66 Å². The van der Waals surface area contributed by atoms with E-state index in [0.717, 1.165) is 12.1 Å². The molecule has 1 aliphatic heterocycles. The molecule has 0 unspecified atom stereocenters. The maximum atomic E-state index is 3.99. The van der Waals surface area contributed by atoms with E-state index in [4.69, 9.17) is 0 Å². The van der Waals surface area contributed by atoms with E-state index in [2.05, 4.69) is 40.5 Å². The maximum Gasteiger partial charge on any atom is 0.113 e. The van der Waals surface area contributed by atoms with Gasteiger partial charge in [-0.15, -0.1) is 0 Å². The van der Waals surface area contributed by atoms with Gasteiger partial charge in [-0.3, -0.25) is 9.80 Å². The summed E-state index contributed by atoms with van der Waals surface area (Å²) < 4.78 is 0. The highest BCUT2D eigenvalue weighted by Crippen LogP contribution is 2.53. The maximum absolute atomic E-state index is 3.99. The fourth-order valence-electron chi connectivity index (χ4n) is 6.12. The van der Waals surface area contributed by atoms with Crippen molar-refractivity contribution >= 4 is 0 Å². The highest BCUT2D eigenvalue weighted by Gasteiger charge is 2.56. The lowest BCUT2D eigenvalue weighted by atomic mass is 9.70. The van der Waals surface area contributed by atoms with Gasteiger partial charge in [-0.05, 0) is 43.2 Å². The monoisotopic (exact) mass is 336 g/mol. The Labute approximate surface area is 153 Å². The second-order valence-electron chi connectivity index (χ2n) is 8.67. The van der Waals surface area contributed by atoms with Crippen molar-refractivity contribution in [2.75, 3.05) is 13.1 Å². The molecular formula is C23H32N2. The summed E-state index contributed by atoms with van der Waals surface area (Å²) in [5.74, 6) is 0. The van der Waals surface area contributed by atoms with E-state index in [-0.39, 0.29) is 5.66 Å². The molecule has 5 rings (SSSR count). The van der Waals surface area contributed by atoms with Crippen LogP contribution in [0, 0.1) is 6.42 Å². The molecule has 1 heterocycles. The Kier molecular flexibility index (Phi) is 4.38. The molecule has 1 spiro atoms. The molecule has 0 aromatic heterocycles. The second-order valence-corrected chi connectivity index (χ2v) is 8.67. The van der Waals surface area contributed by atoms with Crippen LogP contribution in [0.25, 0.3) is 0 Å². The molecule has 1 aromatic rings. The van der Waals surface area contributed by atoms with Crippen molar-refractivity contribution in [3.8, 4) is 0 Å². The molecule has 2 heteroatoms. The van der Waals surface area contributed by atoms with Crippen molar-refractivity contribution in [3.05, 3.63) is 41.8 Å². The predicted octanol–water partition coefficient (Wildman–Crippen LogP) is 4.96. The molecule has 2 saturated carbocycles. The first-order chi connectivity index (χ1) is 12.4. The highest BCUT2D eigenvalue weighted by atomic mass is 15.5. The van der Waals surface area contributed by atoms with Crippen molar-refractivity contribution < 1.29 is 0 Å². The van der Waals surface area contributed by atoms with Gasteiger partial charge in [0.15, 0.2) is 0 Å². The van der Waals surface area contributed by atoms with Crippen LogP contribution < -0.4 is 0 Å². The SMILES string of the molecule is [C]1c2ccccc2C12N(C1CCCCC1)CCCN2C1CCCCC1. The van der Waals surface area contributed by atoms with Crippen LogP contribution in [-0.2, 0) is 5.66 Å². The lowest BCUT2D eigenvalue weighted by molar-refractivity contribution is -0.135. The average molecular weight is 337 g/mol. The van der Waals surface area contributed by atoms with Gasteiger partial charge >= 0.3 is 0 Å². The molecule has 25 heavy (non-hydrogen) atoms. The smallest absolute Gasteiger partial charge is 0.113 e. The summed E-state index contributed by atoms with van der Waals surface area (Å²) >= 11 is 0. The minimum absolute atomic E-state index is 0.00113. The molecule has 134 valence electrons. The summed E-state index contributed by atoms with van der Waals surface area (Å²) in [5.41, 5.74) is 2.91. The minimum atomic E-state index is -0.00113. The minimum Gasteiger partial charge on any atom is -0.278 e. The Hall–Kier alpha value is -0.860. The first-order valence-corrected chi connectivity index (χ1v) is 10.8. The molecule has 0 amide bonds. The van der Waals surface area contributed by atoms with Crippen molar-refractivity contribution in [2.24, 2.45) is 0 Å². The van der Waals surface area contributed by atoms with Gasteiger partial charge in [-0.2, -0.15) is 0 Å². The zero-order valence-electron chi connectivity index (χ0n) is 15.6. The third kappa shape index (κ3) is 2.59. The van der Waals surface area contributed by atoms with E-state index in [9.17, 15) is 0 Å². The second kappa shape index (κ2) is 6.70. The normalized spacial score (nSPS) is 28.6. The molecule has 0 atom stereocenters. The highest BCUT2D eigenvalue weighted by molar-refractivity contribution is 5.53. The Morgan fingerprint density at radius 2 is 1.28 bits per heavy atom. The predicted molar refractivity (Wildman–Crippen MR) is 102 cm³/mol. The molecule has 3 aliphatic carbocycles. The van der Waals surface area contributed by atoms with Crippen LogP contribution in [0.5, 0.6) is 0 Å². The van der Waals surface area contributed by atoms with Crippen LogP contribution in [0.4, 0.5) is 0 Å². The zero-order chi connectivity index (χ0) is 16.7. The third-order valence-electron chi connectivity index (χ3n) is 7.27. The van der Waals surface area contributed by atoms with Gasteiger partial charge in [0, 0.05) is 25.2 Å². The topological polar surface area (TPSA) is 6.48 Å². The number of nitrogens with zero attached hydrogens (tertiary/aromatic N) is 2. The quantitative estimate of drug-likeness (QED) is 0.753. The van der Waals surface area contributed by atoms with Gasteiger partial charge in [0.05, 0.1) is 6.42 Å². The number of benzene rings is 1. The lowest BCUT2D eigenvalue weighted by Gasteiger charge is -2.63. The Bertz CT molecular complexity index is 572. The number of hydrogen-bond acceptors (Lipinski definition) is 2. The summed E-state index contributed by atoms with van der Waals surface area (Å²) in [7, 11) is 0. The molecule has 1 saturated heterocycles. The van der Waals surface area contributed by atoms with Crippen molar-refractivity contribution in [1.29, 1.82) is 0 Å². The zero-order valence-corrected chi connectivity index (χ0v) is 15.6. The summed E-state index contributed by atoms with van der Waals surface area (Å²) in [5, 5.41) is 0. The van der Waals surface area contributed by atoms with E-state index in [1.807, 2.05) is 0 Å². The molecule has 2 radical (unpaired) electrons. The van der Waals surface area contributed by atoms with E-state index >= 15 is 0 Å². The van der Waals surface area contributed by atoms with Gasteiger partial charge in [0.25, 0.3) is 0 Å². The molecule has 4 aliphatic rings. The lowest BCUT2D eigenvalue weighted by Crippen LogP contribution is -2.70.